The van der Waals surface area contributed by atoms with Gasteiger partial charge in [-0.15, -0.1) is 0 Å². The monoisotopic (exact) mass is 392 g/mol. The van der Waals surface area contributed by atoms with Gasteiger partial charge >= 0.3 is 0 Å². The summed E-state index contributed by atoms with van der Waals surface area (Å²) in [7, 11) is 1.50. The van der Waals surface area contributed by atoms with Gasteiger partial charge in [-0.3, -0.25) is 0 Å². The number of rotatable bonds is 3. The van der Waals surface area contributed by atoms with E-state index in [1.807, 2.05) is 6.07 Å². The Kier molecular flexibility index (Phi) is 4.69. The van der Waals surface area contributed by atoms with Gasteiger partial charge in [0, 0.05) is 25.7 Å². The van der Waals surface area contributed by atoms with Gasteiger partial charge in [-0.25, -0.2) is 9.37 Å². The Morgan fingerprint density at radius 3 is 3.04 bits per heavy atom. The van der Waals surface area contributed by atoms with Crippen molar-refractivity contribution in [1.82, 2.24) is 14.7 Å². The number of methoxy groups -OCH3 is 1. The molecule has 0 saturated carbocycles. The second-order valence-corrected chi connectivity index (χ2v) is 7.40. The summed E-state index contributed by atoms with van der Waals surface area (Å²) in [5, 5.41) is 5.71. The molecule has 4 rings (SSSR count). The summed E-state index contributed by atoms with van der Waals surface area (Å²) >= 11 is 7.91. The lowest BCUT2D eigenvalue weighted by molar-refractivity contribution is 0.413. The van der Waals surface area contributed by atoms with Crippen molar-refractivity contribution in [3.05, 3.63) is 35.1 Å². The fraction of sp³-hybridized carbons (Fsp3) is 0.333. The summed E-state index contributed by atoms with van der Waals surface area (Å²) in [6, 6.07) is 6.84. The number of benzene rings is 1. The van der Waals surface area contributed by atoms with Crippen LogP contribution in [0.1, 0.15) is 6.92 Å². The zero-order valence-electron chi connectivity index (χ0n) is 14.4. The third-order valence-electron chi connectivity index (χ3n) is 4.60. The molecule has 0 spiro atoms. The summed E-state index contributed by atoms with van der Waals surface area (Å²) in [5.74, 6) is -0.0331. The van der Waals surface area contributed by atoms with Crippen LogP contribution < -0.4 is 15.0 Å². The zero-order chi connectivity index (χ0) is 18.3. The van der Waals surface area contributed by atoms with Crippen LogP contribution in [0.25, 0.3) is 22.3 Å². The van der Waals surface area contributed by atoms with Gasteiger partial charge in [-0.2, -0.15) is 4.37 Å². The molecule has 2 aromatic heterocycles. The minimum atomic E-state index is -0.427. The average Bonchev–Trinajstić information content (AvgIpc) is 3.04. The first-order chi connectivity index (χ1) is 12.6. The normalized spacial score (nSPS) is 17.7. The van der Waals surface area contributed by atoms with Crippen molar-refractivity contribution in [2.75, 3.05) is 31.6 Å². The first kappa shape index (κ1) is 17.5. The topological polar surface area (TPSA) is 50.3 Å². The van der Waals surface area contributed by atoms with Crippen LogP contribution in [-0.4, -0.2) is 42.1 Å². The largest absolute Gasteiger partial charge is 0.496 e. The lowest BCUT2D eigenvalue weighted by Crippen LogP contribution is -2.49. The molecule has 1 N–H and O–H groups in total. The third-order valence-corrected chi connectivity index (χ3v) is 5.78. The van der Waals surface area contributed by atoms with Crippen molar-refractivity contribution in [1.29, 1.82) is 0 Å². The van der Waals surface area contributed by atoms with Crippen molar-refractivity contribution < 1.29 is 9.13 Å². The standard InChI is InChI=1S/C18H18ClFN4OS/c1-10-9-21-6-7-24(10)18-11-8-12(19)16(22-17(11)23-26-18)15-13(20)4-3-5-14(15)25-2/h3-5,8,10,21H,6-7,9H2,1-2H3. The van der Waals surface area contributed by atoms with Crippen molar-refractivity contribution >= 4 is 39.2 Å². The highest BCUT2D eigenvalue weighted by molar-refractivity contribution is 7.11. The molecule has 1 aliphatic heterocycles. The Morgan fingerprint density at radius 1 is 1.42 bits per heavy atom. The number of piperazine rings is 1. The summed E-state index contributed by atoms with van der Waals surface area (Å²) in [6.45, 7) is 4.92. The Morgan fingerprint density at radius 2 is 2.27 bits per heavy atom. The number of anilines is 1. The lowest BCUT2D eigenvalue weighted by atomic mass is 10.1. The molecule has 1 atom stereocenters. The minimum absolute atomic E-state index is 0.256. The SMILES string of the molecule is COc1cccc(F)c1-c1nc2nsc(N3CCNCC3C)c2cc1Cl. The molecule has 1 aliphatic rings. The number of ether oxygens (including phenoxy) is 1. The Balaban J connectivity index is 1.85. The molecule has 0 radical (unpaired) electrons. The quantitative estimate of drug-likeness (QED) is 0.731. The van der Waals surface area contributed by atoms with Crippen molar-refractivity contribution in [2.45, 2.75) is 13.0 Å². The second-order valence-electron chi connectivity index (χ2n) is 6.24. The molecule has 0 bridgehead atoms. The van der Waals surface area contributed by atoms with Crippen LogP contribution >= 0.6 is 23.1 Å². The van der Waals surface area contributed by atoms with Crippen LogP contribution in [0.2, 0.25) is 5.02 Å². The maximum absolute atomic E-state index is 14.4. The van der Waals surface area contributed by atoms with E-state index >= 15 is 0 Å². The number of hydrogen-bond donors (Lipinski definition) is 1. The van der Waals surface area contributed by atoms with Gasteiger partial charge in [0.15, 0.2) is 5.65 Å². The van der Waals surface area contributed by atoms with Crippen LogP contribution in [0.3, 0.4) is 0 Å². The number of pyridine rings is 1. The minimum Gasteiger partial charge on any atom is -0.496 e. The van der Waals surface area contributed by atoms with Crippen LogP contribution in [0, 0.1) is 5.82 Å². The van der Waals surface area contributed by atoms with E-state index in [-0.39, 0.29) is 5.56 Å². The van der Waals surface area contributed by atoms with E-state index in [1.54, 1.807) is 12.1 Å². The van der Waals surface area contributed by atoms with Crippen molar-refractivity contribution in [2.24, 2.45) is 0 Å². The fourth-order valence-corrected chi connectivity index (χ4v) is 4.45. The second kappa shape index (κ2) is 6.98. The van der Waals surface area contributed by atoms with Crippen LogP contribution in [-0.2, 0) is 0 Å². The van der Waals surface area contributed by atoms with Gasteiger partial charge in [0.05, 0.1) is 28.8 Å². The van der Waals surface area contributed by atoms with E-state index in [4.69, 9.17) is 16.3 Å². The van der Waals surface area contributed by atoms with Gasteiger partial charge in [0.25, 0.3) is 0 Å². The zero-order valence-corrected chi connectivity index (χ0v) is 16.0. The van der Waals surface area contributed by atoms with E-state index in [9.17, 15) is 4.39 Å². The molecule has 3 aromatic rings. The third kappa shape index (κ3) is 2.90. The predicted molar refractivity (Wildman–Crippen MR) is 104 cm³/mol. The molecule has 1 aromatic carbocycles. The molecule has 0 aliphatic carbocycles. The highest BCUT2D eigenvalue weighted by Gasteiger charge is 2.24. The van der Waals surface area contributed by atoms with Gasteiger partial charge in [-0.05, 0) is 36.7 Å². The van der Waals surface area contributed by atoms with Crippen molar-refractivity contribution in [3.8, 4) is 17.0 Å². The maximum atomic E-state index is 14.4. The number of hydrogen-bond acceptors (Lipinski definition) is 6. The molecule has 0 amide bonds. The number of fused-ring (bicyclic) bond motifs is 1. The Bertz CT molecular complexity index is 964. The molecule has 1 saturated heterocycles. The smallest absolute Gasteiger partial charge is 0.175 e. The van der Waals surface area contributed by atoms with Crippen molar-refractivity contribution in [3.63, 3.8) is 0 Å². The van der Waals surface area contributed by atoms with E-state index < -0.39 is 5.82 Å². The maximum Gasteiger partial charge on any atom is 0.175 e. The number of nitrogens with one attached hydrogen (secondary N) is 1. The predicted octanol–water partition coefficient (Wildman–Crippen LogP) is 3.96. The summed E-state index contributed by atoms with van der Waals surface area (Å²) in [4.78, 5) is 6.88. The summed E-state index contributed by atoms with van der Waals surface area (Å²) < 4.78 is 24.2. The Hall–Kier alpha value is -1.96. The summed E-state index contributed by atoms with van der Waals surface area (Å²) in [5.41, 5.74) is 1.17. The highest BCUT2D eigenvalue weighted by atomic mass is 35.5. The van der Waals surface area contributed by atoms with Gasteiger partial charge in [0.1, 0.15) is 16.6 Å². The first-order valence-electron chi connectivity index (χ1n) is 8.36. The number of aromatic nitrogens is 2. The molecule has 5 nitrogen and oxygen atoms in total. The molecule has 26 heavy (non-hydrogen) atoms. The number of halogens is 2. The molecule has 3 heterocycles. The van der Waals surface area contributed by atoms with Gasteiger partial charge in [-0.1, -0.05) is 17.7 Å². The Labute approximate surface area is 159 Å². The molecule has 1 unspecified atom stereocenters. The summed E-state index contributed by atoms with van der Waals surface area (Å²) in [6.07, 6.45) is 0. The molecular formula is C18H18ClFN4OS. The van der Waals surface area contributed by atoms with E-state index in [0.717, 1.165) is 30.0 Å². The fourth-order valence-electron chi connectivity index (χ4n) is 3.27. The van der Waals surface area contributed by atoms with Crippen LogP contribution in [0.5, 0.6) is 5.75 Å². The van der Waals surface area contributed by atoms with Crippen LogP contribution in [0.15, 0.2) is 24.3 Å². The van der Waals surface area contributed by atoms with Gasteiger partial charge in [0.2, 0.25) is 0 Å². The number of nitrogens with zero attached hydrogens (tertiary/aromatic N) is 3. The lowest BCUT2D eigenvalue weighted by Gasteiger charge is -2.34. The average molecular weight is 393 g/mol. The van der Waals surface area contributed by atoms with Gasteiger partial charge < -0.3 is 15.0 Å². The van der Waals surface area contributed by atoms with E-state index in [0.29, 0.717) is 28.2 Å². The first-order valence-corrected chi connectivity index (χ1v) is 9.51. The molecule has 8 heteroatoms. The molecule has 1 fully saturated rings. The molecular weight excluding hydrogens is 375 g/mol. The van der Waals surface area contributed by atoms with Crippen LogP contribution in [0.4, 0.5) is 9.39 Å². The van der Waals surface area contributed by atoms with E-state index in [2.05, 4.69) is 26.5 Å². The molecule has 136 valence electrons. The highest BCUT2D eigenvalue weighted by Crippen LogP contribution is 2.40. The van der Waals surface area contributed by atoms with E-state index in [1.165, 1.54) is 24.7 Å².